The predicted octanol–water partition coefficient (Wildman–Crippen LogP) is 3.84. The highest BCUT2D eigenvalue weighted by Crippen LogP contribution is 2.33. The molecule has 0 saturated heterocycles. The number of halogens is 3. The molecular formula is C12H8F3NO2S. The topological polar surface area (TPSA) is 50.2 Å². The van der Waals surface area contributed by atoms with Crippen LogP contribution in [0.1, 0.15) is 20.9 Å². The molecule has 0 radical (unpaired) electrons. The van der Waals surface area contributed by atoms with Gasteiger partial charge >= 0.3 is 12.1 Å². The average molecular weight is 287 g/mol. The van der Waals surface area contributed by atoms with Crippen molar-refractivity contribution in [3.05, 3.63) is 39.7 Å². The Kier molecular flexibility index (Phi) is 3.32. The lowest BCUT2D eigenvalue weighted by atomic mass is 10.0. The Morgan fingerprint density at radius 2 is 2.00 bits per heavy atom. The van der Waals surface area contributed by atoms with E-state index in [1.807, 2.05) is 0 Å². The molecule has 1 heterocycles. The Morgan fingerprint density at radius 1 is 1.32 bits per heavy atom. The van der Waals surface area contributed by atoms with Crippen molar-refractivity contribution < 1.29 is 23.1 Å². The van der Waals surface area contributed by atoms with Crippen LogP contribution in [0.2, 0.25) is 0 Å². The van der Waals surface area contributed by atoms with Crippen LogP contribution < -0.4 is 0 Å². The molecule has 1 N–H and O–H groups in total. The van der Waals surface area contributed by atoms with E-state index >= 15 is 0 Å². The second kappa shape index (κ2) is 4.65. The van der Waals surface area contributed by atoms with E-state index in [-0.39, 0.29) is 16.3 Å². The van der Waals surface area contributed by atoms with Crippen LogP contribution in [-0.2, 0) is 6.18 Å². The smallest absolute Gasteiger partial charge is 0.416 e. The first kappa shape index (κ1) is 13.5. The van der Waals surface area contributed by atoms with Crippen molar-refractivity contribution >= 4 is 17.3 Å². The number of carboxylic acid groups (broad SMARTS) is 1. The lowest BCUT2D eigenvalue weighted by Gasteiger charge is -2.09. The van der Waals surface area contributed by atoms with E-state index in [9.17, 15) is 18.0 Å². The molecule has 1 aromatic carbocycles. The highest BCUT2D eigenvalue weighted by molar-refractivity contribution is 7.11. The number of carbonyl (C=O) groups is 1. The van der Waals surface area contributed by atoms with Crippen molar-refractivity contribution in [1.82, 2.24) is 4.98 Å². The van der Waals surface area contributed by atoms with Crippen LogP contribution >= 0.6 is 11.3 Å². The molecule has 3 nitrogen and oxygen atoms in total. The highest BCUT2D eigenvalue weighted by atomic mass is 32.1. The molecule has 0 spiro atoms. The van der Waals surface area contributed by atoms with Crippen molar-refractivity contribution in [3.63, 3.8) is 0 Å². The van der Waals surface area contributed by atoms with Gasteiger partial charge in [-0.25, -0.2) is 9.78 Å². The van der Waals surface area contributed by atoms with Gasteiger partial charge in [0.15, 0.2) is 0 Å². The fourth-order valence-electron chi connectivity index (χ4n) is 1.60. The number of aryl methyl sites for hydroxylation is 1. The molecule has 1 aromatic heterocycles. The zero-order valence-corrected chi connectivity index (χ0v) is 10.5. The number of hydrogen-bond donors (Lipinski definition) is 1. The maximum atomic E-state index is 12.7. The van der Waals surface area contributed by atoms with Gasteiger partial charge in [-0.2, -0.15) is 13.2 Å². The summed E-state index contributed by atoms with van der Waals surface area (Å²) in [6.45, 7) is 1.54. The van der Waals surface area contributed by atoms with Crippen LogP contribution in [0.3, 0.4) is 0 Å². The van der Waals surface area contributed by atoms with Gasteiger partial charge < -0.3 is 5.11 Å². The predicted molar refractivity (Wildman–Crippen MR) is 64.2 cm³/mol. The molecule has 0 fully saturated rings. The number of thiazole rings is 1. The summed E-state index contributed by atoms with van der Waals surface area (Å²) >= 11 is 0.880. The molecule has 0 unspecified atom stereocenters. The number of aromatic nitrogens is 1. The summed E-state index contributed by atoms with van der Waals surface area (Å²) in [5.74, 6) is -1.19. The van der Waals surface area contributed by atoms with Gasteiger partial charge in [0.2, 0.25) is 5.01 Å². The van der Waals surface area contributed by atoms with Gasteiger partial charge in [-0.05, 0) is 30.7 Å². The molecular weight excluding hydrogens is 279 g/mol. The van der Waals surface area contributed by atoms with E-state index in [1.54, 1.807) is 6.92 Å². The minimum Gasteiger partial charge on any atom is -0.476 e. The summed E-state index contributed by atoms with van der Waals surface area (Å²) in [4.78, 5) is 14.5. The first-order chi connectivity index (χ1) is 8.77. The Morgan fingerprint density at radius 3 is 2.53 bits per heavy atom. The Labute approximate surface area is 110 Å². The number of rotatable bonds is 2. The Balaban J connectivity index is 2.50. The summed E-state index contributed by atoms with van der Waals surface area (Å²) in [6, 6.07) is 3.54. The van der Waals surface area contributed by atoms with Gasteiger partial charge in [0.25, 0.3) is 0 Å². The van der Waals surface area contributed by atoms with Crippen LogP contribution in [0.4, 0.5) is 13.2 Å². The normalized spacial score (nSPS) is 11.6. The zero-order valence-electron chi connectivity index (χ0n) is 9.65. The van der Waals surface area contributed by atoms with Crippen molar-refractivity contribution in [3.8, 4) is 11.3 Å². The molecule has 100 valence electrons. The fraction of sp³-hybridized carbons (Fsp3) is 0.167. The number of nitrogens with zero attached hydrogens (tertiary/aromatic N) is 1. The zero-order chi connectivity index (χ0) is 14.2. The molecule has 7 heteroatoms. The molecule has 0 aliphatic carbocycles. The molecule has 0 amide bonds. The molecule has 0 saturated carbocycles. The summed E-state index contributed by atoms with van der Waals surface area (Å²) in [6.07, 6.45) is -4.44. The second-order valence-electron chi connectivity index (χ2n) is 3.93. The standard InChI is InChI=1S/C12H8F3NO2S/c1-6-2-7(4-8(3-6)12(13,14)15)9-5-19-10(16-9)11(17)18/h2-5H,1H3,(H,17,18). The number of hydrogen-bond acceptors (Lipinski definition) is 3. The molecule has 0 aliphatic rings. The van der Waals surface area contributed by atoms with E-state index in [2.05, 4.69) is 4.98 Å². The monoisotopic (exact) mass is 287 g/mol. The Hall–Kier alpha value is -1.89. The summed E-state index contributed by atoms with van der Waals surface area (Å²) in [7, 11) is 0. The van der Waals surface area contributed by atoms with Gasteiger partial charge in [0, 0.05) is 10.9 Å². The minimum atomic E-state index is -4.44. The molecule has 0 aliphatic heterocycles. The van der Waals surface area contributed by atoms with E-state index in [1.165, 1.54) is 11.4 Å². The maximum absolute atomic E-state index is 12.7. The number of carboxylic acids is 1. The van der Waals surface area contributed by atoms with E-state index < -0.39 is 17.7 Å². The summed E-state index contributed by atoms with van der Waals surface area (Å²) in [5.41, 5.74) is 0.162. The van der Waals surface area contributed by atoms with Gasteiger partial charge in [0.05, 0.1) is 11.3 Å². The lowest BCUT2D eigenvalue weighted by Crippen LogP contribution is -2.05. The quantitative estimate of drug-likeness (QED) is 0.913. The SMILES string of the molecule is Cc1cc(-c2csc(C(=O)O)n2)cc(C(F)(F)F)c1. The first-order valence-electron chi connectivity index (χ1n) is 5.15. The highest BCUT2D eigenvalue weighted by Gasteiger charge is 2.31. The van der Waals surface area contributed by atoms with Crippen molar-refractivity contribution in [1.29, 1.82) is 0 Å². The van der Waals surface area contributed by atoms with Crippen molar-refractivity contribution in [2.75, 3.05) is 0 Å². The van der Waals surface area contributed by atoms with E-state index in [4.69, 9.17) is 5.11 Å². The van der Waals surface area contributed by atoms with Crippen LogP contribution in [0, 0.1) is 6.92 Å². The third kappa shape index (κ3) is 2.93. The number of alkyl halides is 3. The van der Waals surface area contributed by atoms with Gasteiger partial charge in [-0.3, -0.25) is 0 Å². The van der Waals surface area contributed by atoms with Crippen molar-refractivity contribution in [2.45, 2.75) is 13.1 Å². The number of benzene rings is 1. The average Bonchev–Trinajstić information content (AvgIpc) is 2.76. The van der Waals surface area contributed by atoms with Gasteiger partial charge in [-0.1, -0.05) is 0 Å². The van der Waals surface area contributed by atoms with Crippen LogP contribution in [0.5, 0.6) is 0 Å². The molecule has 2 rings (SSSR count). The molecule has 0 atom stereocenters. The second-order valence-corrected chi connectivity index (χ2v) is 4.79. The fourth-order valence-corrected chi connectivity index (χ4v) is 2.26. The van der Waals surface area contributed by atoms with Gasteiger partial charge in [0.1, 0.15) is 0 Å². The number of aromatic carboxylic acids is 1. The lowest BCUT2D eigenvalue weighted by molar-refractivity contribution is -0.137. The van der Waals surface area contributed by atoms with Crippen LogP contribution in [0.25, 0.3) is 11.3 Å². The third-order valence-corrected chi connectivity index (χ3v) is 3.22. The van der Waals surface area contributed by atoms with Crippen LogP contribution in [-0.4, -0.2) is 16.1 Å². The minimum absolute atomic E-state index is 0.148. The van der Waals surface area contributed by atoms with Crippen molar-refractivity contribution in [2.24, 2.45) is 0 Å². The molecule has 0 bridgehead atoms. The first-order valence-corrected chi connectivity index (χ1v) is 6.03. The summed E-state index contributed by atoms with van der Waals surface area (Å²) < 4.78 is 38.1. The summed E-state index contributed by atoms with van der Waals surface area (Å²) in [5, 5.41) is 10.0. The Bertz CT molecular complexity index is 634. The third-order valence-electron chi connectivity index (χ3n) is 2.39. The van der Waals surface area contributed by atoms with Crippen LogP contribution in [0.15, 0.2) is 23.6 Å². The molecule has 2 aromatic rings. The van der Waals surface area contributed by atoms with Gasteiger partial charge in [-0.15, -0.1) is 11.3 Å². The molecule has 19 heavy (non-hydrogen) atoms. The van der Waals surface area contributed by atoms with E-state index in [0.717, 1.165) is 23.5 Å². The van der Waals surface area contributed by atoms with E-state index in [0.29, 0.717) is 5.56 Å². The largest absolute Gasteiger partial charge is 0.476 e. The maximum Gasteiger partial charge on any atom is 0.416 e.